The van der Waals surface area contributed by atoms with Gasteiger partial charge in [-0.05, 0) is 72.9 Å². The molecule has 0 atom stereocenters. The van der Waals surface area contributed by atoms with E-state index >= 15 is 0 Å². The molecule has 4 rings (SSSR count). The van der Waals surface area contributed by atoms with E-state index in [9.17, 15) is 23.2 Å². The third kappa shape index (κ3) is 5.54. The average Bonchev–Trinajstić information content (AvgIpc) is 2.99. The van der Waals surface area contributed by atoms with Gasteiger partial charge < -0.3 is 15.4 Å². The van der Waals surface area contributed by atoms with Gasteiger partial charge in [0.25, 0.3) is 5.91 Å². The first-order valence-electron chi connectivity index (χ1n) is 11.2. The van der Waals surface area contributed by atoms with Crippen LogP contribution in [0, 0.1) is 11.6 Å². The molecule has 0 fully saturated rings. The number of carbonyl (C=O) groups excluding carboxylic acids is 3. The Morgan fingerprint density at radius 1 is 0.943 bits per heavy atom. The molecule has 0 unspecified atom stereocenters. The van der Waals surface area contributed by atoms with Crippen LogP contribution in [0.4, 0.5) is 20.2 Å². The normalized spacial score (nSPS) is 12.3. The van der Waals surface area contributed by atoms with Gasteiger partial charge >= 0.3 is 5.97 Å². The molecule has 1 aliphatic carbocycles. The average molecular weight is 478 g/mol. The molecule has 0 saturated heterocycles. The minimum absolute atomic E-state index is 0.136. The Labute approximate surface area is 201 Å². The first-order chi connectivity index (χ1) is 16.9. The second kappa shape index (κ2) is 10.5. The van der Waals surface area contributed by atoms with Crippen LogP contribution in [0.1, 0.15) is 50.2 Å². The molecule has 0 aromatic heterocycles. The van der Waals surface area contributed by atoms with Gasteiger partial charge in [-0.3, -0.25) is 14.4 Å². The van der Waals surface area contributed by atoms with Crippen molar-refractivity contribution in [2.24, 2.45) is 0 Å². The number of ketones is 1. The van der Waals surface area contributed by atoms with Gasteiger partial charge in [-0.1, -0.05) is 6.07 Å². The Morgan fingerprint density at radius 2 is 1.74 bits per heavy atom. The highest BCUT2D eigenvalue weighted by atomic mass is 19.1. The Kier molecular flexibility index (Phi) is 7.19. The molecule has 0 aliphatic heterocycles. The molecule has 35 heavy (non-hydrogen) atoms. The molecule has 2 N–H and O–H groups in total. The summed E-state index contributed by atoms with van der Waals surface area (Å²) in [5, 5.41) is 5.68. The van der Waals surface area contributed by atoms with Crippen molar-refractivity contribution < 1.29 is 27.9 Å². The molecule has 0 spiro atoms. The fourth-order valence-corrected chi connectivity index (χ4v) is 4.05. The lowest BCUT2D eigenvalue weighted by Gasteiger charge is -2.11. The summed E-state index contributed by atoms with van der Waals surface area (Å²) >= 11 is 0. The minimum atomic E-state index is -0.709. The van der Waals surface area contributed by atoms with Gasteiger partial charge in [-0.25, -0.2) is 8.78 Å². The Bertz CT molecular complexity index is 1310. The van der Waals surface area contributed by atoms with E-state index in [1.165, 1.54) is 19.2 Å². The molecule has 1 aliphatic rings. The molecule has 8 heteroatoms. The van der Waals surface area contributed by atoms with Crippen molar-refractivity contribution in [2.45, 2.75) is 25.7 Å². The summed E-state index contributed by atoms with van der Waals surface area (Å²) in [4.78, 5) is 37.1. The molecular formula is C27H24F2N2O4. The molecule has 3 aromatic rings. The number of halogens is 2. The Morgan fingerprint density at radius 3 is 2.51 bits per heavy atom. The van der Waals surface area contributed by atoms with E-state index in [2.05, 4.69) is 15.4 Å². The monoisotopic (exact) mass is 478 g/mol. The van der Waals surface area contributed by atoms with Crippen molar-refractivity contribution in [3.05, 3.63) is 94.0 Å². The van der Waals surface area contributed by atoms with Gasteiger partial charge in [0.1, 0.15) is 11.6 Å². The summed E-state index contributed by atoms with van der Waals surface area (Å²) in [6, 6.07) is 13.5. The van der Waals surface area contributed by atoms with E-state index in [1.807, 2.05) is 0 Å². The maximum absolute atomic E-state index is 14.0. The first-order valence-corrected chi connectivity index (χ1v) is 11.2. The fourth-order valence-electron chi connectivity index (χ4n) is 4.05. The lowest BCUT2D eigenvalue weighted by Crippen LogP contribution is -2.25. The number of aryl methyl sites for hydroxylation is 2. The Balaban J connectivity index is 1.50. The maximum Gasteiger partial charge on any atom is 0.305 e. The molecule has 0 bridgehead atoms. The lowest BCUT2D eigenvalue weighted by atomic mass is 9.96. The van der Waals surface area contributed by atoms with Crippen LogP contribution in [0.5, 0.6) is 0 Å². The number of benzene rings is 3. The number of hydrogen-bond donors (Lipinski definition) is 2. The van der Waals surface area contributed by atoms with Crippen LogP contribution in [0.15, 0.2) is 54.6 Å². The third-order valence-electron chi connectivity index (χ3n) is 5.91. The number of esters is 1. The molecule has 0 radical (unpaired) electrons. The summed E-state index contributed by atoms with van der Waals surface area (Å²) in [7, 11) is 1.31. The number of amides is 1. The summed E-state index contributed by atoms with van der Waals surface area (Å²) in [5.74, 6) is -2.22. The van der Waals surface area contributed by atoms with E-state index in [0.29, 0.717) is 48.2 Å². The van der Waals surface area contributed by atoms with Crippen LogP contribution in [0.3, 0.4) is 0 Å². The summed E-state index contributed by atoms with van der Waals surface area (Å²) in [5.41, 5.74) is 3.71. The number of rotatable bonds is 7. The largest absolute Gasteiger partial charge is 0.469 e. The topological polar surface area (TPSA) is 84.5 Å². The fraction of sp³-hybridized carbons (Fsp3) is 0.222. The van der Waals surface area contributed by atoms with Crippen LogP contribution in [0.2, 0.25) is 0 Å². The quantitative estimate of drug-likeness (QED) is 0.379. The maximum atomic E-state index is 14.0. The van der Waals surface area contributed by atoms with Crippen molar-refractivity contribution in [3.8, 4) is 0 Å². The van der Waals surface area contributed by atoms with Gasteiger partial charge in [-0.2, -0.15) is 0 Å². The number of hydrogen-bond acceptors (Lipinski definition) is 5. The first kappa shape index (κ1) is 24.1. The van der Waals surface area contributed by atoms with E-state index in [1.54, 1.807) is 36.4 Å². The predicted molar refractivity (Wildman–Crippen MR) is 127 cm³/mol. The van der Waals surface area contributed by atoms with Gasteiger partial charge in [0.05, 0.1) is 12.8 Å². The lowest BCUT2D eigenvalue weighted by molar-refractivity contribution is -0.140. The van der Waals surface area contributed by atoms with Crippen molar-refractivity contribution in [1.82, 2.24) is 5.32 Å². The number of ether oxygens (including phenoxy) is 1. The number of methoxy groups -OCH3 is 1. The van der Waals surface area contributed by atoms with Crippen molar-refractivity contribution >= 4 is 29.0 Å². The zero-order valence-corrected chi connectivity index (χ0v) is 19.1. The van der Waals surface area contributed by atoms with Crippen LogP contribution in [0.25, 0.3) is 0 Å². The van der Waals surface area contributed by atoms with Crippen molar-refractivity contribution in [3.63, 3.8) is 0 Å². The second-order valence-corrected chi connectivity index (χ2v) is 8.26. The van der Waals surface area contributed by atoms with Gasteiger partial charge in [0.2, 0.25) is 0 Å². The number of fused-ring (bicyclic) bond motifs is 2. The summed E-state index contributed by atoms with van der Waals surface area (Å²) in [6.07, 6.45) is 1.85. The zero-order chi connectivity index (χ0) is 24.9. The summed E-state index contributed by atoms with van der Waals surface area (Å²) < 4.78 is 31.8. The van der Waals surface area contributed by atoms with E-state index in [4.69, 9.17) is 0 Å². The van der Waals surface area contributed by atoms with Crippen molar-refractivity contribution in [1.29, 1.82) is 0 Å². The standard InChI is InChI=1S/C27H24F2N2O4/c1-35-25(32)3-2-12-30-27(34)18-7-5-16-4-6-17-13-20(9-10-21(17)26(33)22(16)14-18)31-24-11-8-19(28)15-23(24)29/h5,7-11,13-15,31H,2-4,6,12H2,1H3,(H,30,34). The number of nitrogens with one attached hydrogen (secondary N) is 2. The predicted octanol–water partition coefficient (Wildman–Crippen LogP) is 4.72. The molecular weight excluding hydrogens is 454 g/mol. The Hall–Kier alpha value is -4.07. The summed E-state index contributed by atoms with van der Waals surface area (Å²) in [6.45, 7) is 0.312. The van der Waals surface area contributed by atoms with Crippen LogP contribution in [-0.4, -0.2) is 31.3 Å². The zero-order valence-electron chi connectivity index (χ0n) is 19.1. The molecule has 1 amide bonds. The van der Waals surface area contributed by atoms with E-state index in [-0.39, 0.29) is 29.8 Å². The smallest absolute Gasteiger partial charge is 0.305 e. The van der Waals surface area contributed by atoms with Gasteiger partial charge in [0.15, 0.2) is 5.78 Å². The minimum Gasteiger partial charge on any atom is -0.469 e. The number of carbonyl (C=O) groups is 3. The molecule has 0 heterocycles. The highest BCUT2D eigenvalue weighted by Crippen LogP contribution is 2.29. The highest BCUT2D eigenvalue weighted by Gasteiger charge is 2.23. The van der Waals surface area contributed by atoms with Gasteiger partial charge in [-0.15, -0.1) is 0 Å². The molecule has 6 nitrogen and oxygen atoms in total. The molecule has 180 valence electrons. The van der Waals surface area contributed by atoms with Crippen LogP contribution >= 0.6 is 0 Å². The van der Waals surface area contributed by atoms with Crippen LogP contribution < -0.4 is 10.6 Å². The second-order valence-electron chi connectivity index (χ2n) is 8.26. The van der Waals surface area contributed by atoms with E-state index < -0.39 is 11.6 Å². The third-order valence-corrected chi connectivity index (χ3v) is 5.91. The van der Waals surface area contributed by atoms with Gasteiger partial charge in [0, 0.05) is 41.4 Å². The molecule has 0 saturated carbocycles. The van der Waals surface area contributed by atoms with Crippen molar-refractivity contribution in [2.75, 3.05) is 19.0 Å². The highest BCUT2D eigenvalue weighted by molar-refractivity contribution is 6.12. The number of anilines is 2. The van der Waals surface area contributed by atoms with E-state index in [0.717, 1.165) is 17.2 Å². The molecule has 3 aromatic carbocycles. The SMILES string of the molecule is COC(=O)CCCNC(=O)c1ccc2c(c1)C(=O)c1ccc(Nc3ccc(F)cc3F)cc1CC2. The van der Waals surface area contributed by atoms with Crippen LogP contribution in [-0.2, 0) is 22.4 Å².